The molecule has 0 aromatic heterocycles. The fourth-order valence-electron chi connectivity index (χ4n) is 1.23. The van der Waals surface area contributed by atoms with Gasteiger partial charge in [0, 0.05) is 5.69 Å². The lowest BCUT2D eigenvalue weighted by molar-refractivity contribution is 0.514. The average molecular weight is 232 g/mol. The summed E-state index contributed by atoms with van der Waals surface area (Å²) in [7, 11) is -1.85. The summed E-state index contributed by atoms with van der Waals surface area (Å²) < 4.78 is 17.1. The van der Waals surface area contributed by atoms with Gasteiger partial charge in [-0.1, -0.05) is 18.2 Å². The minimum atomic E-state index is -1.85. The Kier molecular flexibility index (Phi) is 3.18. The molecule has 0 amide bonds. The van der Waals surface area contributed by atoms with Gasteiger partial charge in [0.25, 0.3) is 0 Å². The Hall–Kier alpha value is -1.86. The molecule has 0 spiro atoms. The second-order valence-electron chi connectivity index (χ2n) is 3.25. The molecule has 2 aromatic carbocycles. The van der Waals surface area contributed by atoms with Gasteiger partial charge >= 0.3 is 8.03 Å². The summed E-state index contributed by atoms with van der Waals surface area (Å²) in [4.78, 5) is 0. The molecule has 2 N–H and O–H groups in total. The SMILES string of the molecule is Nc1ccc(O[P](=O)c2ccccc2)cc1. The third kappa shape index (κ3) is 2.59. The minimum absolute atomic E-state index is 0.555. The number of benzene rings is 2. The highest BCUT2D eigenvalue weighted by molar-refractivity contribution is 7.48. The zero-order chi connectivity index (χ0) is 11.4. The summed E-state index contributed by atoms with van der Waals surface area (Å²) >= 11 is 0. The zero-order valence-corrected chi connectivity index (χ0v) is 9.43. The van der Waals surface area contributed by atoms with Crippen molar-refractivity contribution in [2.45, 2.75) is 0 Å². The van der Waals surface area contributed by atoms with E-state index in [0.717, 1.165) is 0 Å². The highest BCUT2D eigenvalue weighted by Gasteiger charge is 2.06. The molecule has 0 saturated carbocycles. The van der Waals surface area contributed by atoms with Crippen molar-refractivity contribution in [1.82, 2.24) is 0 Å². The molecule has 16 heavy (non-hydrogen) atoms. The van der Waals surface area contributed by atoms with Crippen LogP contribution in [0, 0.1) is 0 Å². The van der Waals surface area contributed by atoms with Gasteiger partial charge in [-0.05, 0) is 36.4 Å². The maximum Gasteiger partial charge on any atom is 0.302 e. The van der Waals surface area contributed by atoms with Gasteiger partial charge in [0.1, 0.15) is 5.75 Å². The van der Waals surface area contributed by atoms with Crippen LogP contribution < -0.4 is 15.6 Å². The Labute approximate surface area is 94.7 Å². The van der Waals surface area contributed by atoms with E-state index in [0.29, 0.717) is 16.7 Å². The average Bonchev–Trinajstić information content (AvgIpc) is 2.33. The van der Waals surface area contributed by atoms with Crippen LogP contribution in [-0.4, -0.2) is 0 Å². The summed E-state index contributed by atoms with van der Waals surface area (Å²) in [5.74, 6) is 0.555. The van der Waals surface area contributed by atoms with Crippen molar-refractivity contribution in [2.24, 2.45) is 0 Å². The molecule has 0 fully saturated rings. The van der Waals surface area contributed by atoms with Gasteiger partial charge in [-0.25, -0.2) is 4.57 Å². The normalized spacial score (nSPS) is 10.9. The number of hydrogen-bond donors (Lipinski definition) is 1. The van der Waals surface area contributed by atoms with E-state index in [1.165, 1.54) is 0 Å². The van der Waals surface area contributed by atoms with E-state index in [9.17, 15) is 4.57 Å². The predicted molar refractivity (Wildman–Crippen MR) is 65.2 cm³/mol. The van der Waals surface area contributed by atoms with E-state index in [-0.39, 0.29) is 0 Å². The second kappa shape index (κ2) is 4.77. The number of anilines is 1. The monoisotopic (exact) mass is 232 g/mol. The van der Waals surface area contributed by atoms with Gasteiger partial charge < -0.3 is 10.3 Å². The molecule has 0 aliphatic heterocycles. The molecule has 0 aliphatic carbocycles. The first-order chi connectivity index (χ1) is 7.75. The second-order valence-corrected chi connectivity index (χ2v) is 4.47. The summed E-state index contributed by atoms with van der Waals surface area (Å²) in [6.07, 6.45) is 0. The Morgan fingerprint density at radius 1 is 0.938 bits per heavy atom. The molecule has 4 heteroatoms. The van der Waals surface area contributed by atoms with Gasteiger partial charge in [0.05, 0.1) is 5.30 Å². The van der Waals surface area contributed by atoms with Crippen molar-refractivity contribution < 1.29 is 9.09 Å². The highest BCUT2D eigenvalue weighted by Crippen LogP contribution is 2.26. The van der Waals surface area contributed by atoms with E-state index >= 15 is 0 Å². The Morgan fingerprint density at radius 3 is 2.19 bits per heavy atom. The molecule has 81 valence electrons. The zero-order valence-electron chi connectivity index (χ0n) is 8.54. The van der Waals surface area contributed by atoms with Crippen LogP contribution >= 0.6 is 8.03 Å². The van der Waals surface area contributed by atoms with Crippen LogP contribution in [0.4, 0.5) is 5.69 Å². The van der Waals surface area contributed by atoms with E-state index in [1.807, 2.05) is 18.2 Å². The number of nitrogen functional groups attached to an aromatic ring is 1. The largest absolute Gasteiger partial charge is 0.414 e. The fourth-order valence-corrected chi connectivity index (χ4v) is 2.06. The maximum absolute atomic E-state index is 11.8. The summed E-state index contributed by atoms with van der Waals surface area (Å²) in [5.41, 5.74) is 6.20. The van der Waals surface area contributed by atoms with Crippen LogP contribution in [0.25, 0.3) is 0 Å². The van der Waals surface area contributed by atoms with E-state index in [1.54, 1.807) is 36.4 Å². The van der Waals surface area contributed by atoms with E-state index in [2.05, 4.69) is 0 Å². The Morgan fingerprint density at radius 2 is 1.56 bits per heavy atom. The van der Waals surface area contributed by atoms with Crippen LogP contribution in [-0.2, 0) is 4.57 Å². The van der Waals surface area contributed by atoms with Gasteiger partial charge in [0.2, 0.25) is 0 Å². The van der Waals surface area contributed by atoms with Crippen molar-refractivity contribution >= 4 is 19.0 Å². The molecule has 0 aliphatic rings. The molecule has 2 aromatic rings. The van der Waals surface area contributed by atoms with Crippen LogP contribution in [0.15, 0.2) is 54.6 Å². The first-order valence-electron chi connectivity index (χ1n) is 4.81. The van der Waals surface area contributed by atoms with Gasteiger partial charge in [-0.2, -0.15) is 0 Å². The Bertz CT molecular complexity index is 482. The molecular weight excluding hydrogens is 221 g/mol. The van der Waals surface area contributed by atoms with Gasteiger partial charge in [-0.15, -0.1) is 0 Å². The first-order valence-corrected chi connectivity index (χ1v) is 5.99. The lowest BCUT2D eigenvalue weighted by Crippen LogP contribution is -1.98. The molecule has 2 rings (SSSR count). The van der Waals surface area contributed by atoms with Gasteiger partial charge in [0.15, 0.2) is 0 Å². The highest BCUT2D eigenvalue weighted by atomic mass is 31.1. The lowest BCUT2D eigenvalue weighted by atomic mass is 10.3. The van der Waals surface area contributed by atoms with Crippen LogP contribution in [0.5, 0.6) is 5.75 Å². The number of nitrogens with two attached hydrogens (primary N) is 1. The third-order valence-electron chi connectivity index (χ3n) is 2.04. The Balaban J connectivity index is 2.11. The van der Waals surface area contributed by atoms with E-state index in [4.69, 9.17) is 10.3 Å². The van der Waals surface area contributed by atoms with Crippen LogP contribution in [0.3, 0.4) is 0 Å². The van der Waals surface area contributed by atoms with Crippen molar-refractivity contribution in [3.8, 4) is 5.75 Å². The number of rotatable bonds is 3. The van der Waals surface area contributed by atoms with Crippen molar-refractivity contribution in [1.29, 1.82) is 0 Å². The lowest BCUT2D eigenvalue weighted by Gasteiger charge is -2.04. The molecule has 1 radical (unpaired) electrons. The van der Waals surface area contributed by atoms with Crippen molar-refractivity contribution in [2.75, 3.05) is 5.73 Å². The minimum Gasteiger partial charge on any atom is -0.414 e. The molecular formula is C12H11NO2P. The first kappa shape index (κ1) is 10.7. The third-order valence-corrected chi connectivity index (χ3v) is 3.13. The summed E-state index contributed by atoms with van der Waals surface area (Å²) in [5, 5.41) is 0.675. The quantitative estimate of drug-likeness (QED) is 0.653. The smallest absolute Gasteiger partial charge is 0.302 e. The standard InChI is InChI=1S/C12H11NO2P/c13-10-6-8-11(9-7-10)15-16(14)12-4-2-1-3-5-12/h1-9H,13H2. The van der Waals surface area contributed by atoms with Crippen LogP contribution in [0.1, 0.15) is 0 Å². The predicted octanol–water partition coefficient (Wildman–Crippen LogP) is 2.72. The molecule has 0 bridgehead atoms. The van der Waals surface area contributed by atoms with Crippen LogP contribution in [0.2, 0.25) is 0 Å². The topological polar surface area (TPSA) is 52.3 Å². The summed E-state index contributed by atoms with van der Waals surface area (Å²) in [6, 6.07) is 15.9. The van der Waals surface area contributed by atoms with Crippen molar-refractivity contribution in [3.63, 3.8) is 0 Å². The van der Waals surface area contributed by atoms with Crippen molar-refractivity contribution in [3.05, 3.63) is 54.6 Å². The van der Waals surface area contributed by atoms with E-state index < -0.39 is 8.03 Å². The van der Waals surface area contributed by atoms with Gasteiger partial charge in [-0.3, -0.25) is 0 Å². The fraction of sp³-hybridized carbons (Fsp3) is 0. The molecule has 0 saturated heterocycles. The number of hydrogen-bond acceptors (Lipinski definition) is 3. The molecule has 1 atom stereocenters. The molecule has 1 unspecified atom stereocenters. The molecule has 3 nitrogen and oxygen atoms in total. The maximum atomic E-state index is 11.8. The molecule has 0 heterocycles. The summed E-state index contributed by atoms with van der Waals surface area (Å²) in [6.45, 7) is 0.